The van der Waals surface area contributed by atoms with E-state index >= 15 is 0 Å². The second kappa shape index (κ2) is 10.1. The topological polar surface area (TPSA) is 130 Å². The predicted octanol–water partition coefficient (Wildman–Crippen LogP) is 2.12. The lowest BCUT2D eigenvalue weighted by molar-refractivity contribution is -0.165. The fourth-order valence-corrected chi connectivity index (χ4v) is 3.69. The number of hydrogen-bond donors (Lipinski definition) is 2. The minimum atomic E-state index is -3.86. The lowest BCUT2D eigenvalue weighted by Crippen LogP contribution is -2.50. The van der Waals surface area contributed by atoms with E-state index in [4.69, 9.17) is 23.0 Å². The van der Waals surface area contributed by atoms with Gasteiger partial charge in [-0.1, -0.05) is 13.8 Å². The first-order valence-electron chi connectivity index (χ1n) is 9.40. The van der Waals surface area contributed by atoms with E-state index < -0.39 is 49.7 Å². The number of carbonyl (C=O) groups excluding carboxylic acids is 3. The van der Waals surface area contributed by atoms with Crippen molar-refractivity contribution >= 4 is 26.0 Å². The fourth-order valence-electron chi connectivity index (χ4n) is 2.17. The second-order valence-electron chi connectivity index (χ2n) is 8.72. The Kier molecular flexibility index (Phi) is 8.98. The Labute approximate surface area is 172 Å². The van der Waals surface area contributed by atoms with Crippen LogP contribution in [0.25, 0.3) is 0 Å². The minimum Gasteiger partial charge on any atom is -0.463 e. The van der Waals surface area contributed by atoms with Crippen molar-refractivity contribution in [3.05, 3.63) is 0 Å². The zero-order chi connectivity index (χ0) is 22.5. The summed E-state index contributed by atoms with van der Waals surface area (Å²) < 4.78 is 25.8. The predicted molar refractivity (Wildman–Crippen MR) is 104 cm³/mol. The zero-order valence-electron chi connectivity index (χ0n) is 18.1. The van der Waals surface area contributed by atoms with Crippen molar-refractivity contribution in [1.29, 1.82) is 0 Å². The summed E-state index contributed by atoms with van der Waals surface area (Å²) >= 11 is 0. The third-order valence-electron chi connectivity index (χ3n) is 3.80. The number of hydrogen-bond acceptors (Lipinski definition) is 9. The van der Waals surface area contributed by atoms with E-state index in [1.165, 1.54) is 0 Å². The maximum Gasteiger partial charge on any atom is 0.381 e. The Hall–Kier alpha value is -1.32. The quantitative estimate of drug-likeness (QED) is 0.332. The number of amides is 1. The summed E-state index contributed by atoms with van der Waals surface area (Å²) in [4.78, 5) is 46.3. The van der Waals surface area contributed by atoms with Gasteiger partial charge in [-0.05, 0) is 34.6 Å². The molecule has 0 saturated carbocycles. The number of rotatable bonds is 8. The molecule has 1 radical (unpaired) electrons. The molecule has 2 N–H and O–H groups in total. The van der Waals surface area contributed by atoms with Crippen LogP contribution in [0.1, 0.15) is 54.9 Å². The van der Waals surface area contributed by atoms with Gasteiger partial charge in [-0.25, -0.2) is 0 Å². The lowest BCUT2D eigenvalue weighted by Gasteiger charge is -2.43. The molecule has 1 amide bonds. The summed E-state index contributed by atoms with van der Waals surface area (Å²) in [7, 11) is -3.86. The Morgan fingerprint density at radius 1 is 1.28 bits per heavy atom. The highest BCUT2D eigenvalue weighted by atomic mass is 31.2. The number of carbonyl (C=O) groups is 3. The first-order valence-corrected chi connectivity index (χ1v) is 10.9. The monoisotopic (exact) mass is 438 g/mol. The third-order valence-corrected chi connectivity index (χ3v) is 5.16. The van der Waals surface area contributed by atoms with Gasteiger partial charge in [0, 0.05) is 12.0 Å². The van der Waals surface area contributed by atoms with Gasteiger partial charge in [0.25, 0.3) is 0 Å². The Balaban J connectivity index is 2.60. The van der Waals surface area contributed by atoms with Crippen LogP contribution in [0.2, 0.25) is 0 Å². The average Bonchev–Trinajstić information content (AvgIpc) is 2.55. The summed E-state index contributed by atoms with van der Waals surface area (Å²) in [5.41, 5.74) is -1.50. The molecule has 2 atom stereocenters. The van der Waals surface area contributed by atoms with Crippen molar-refractivity contribution in [2.24, 2.45) is 10.8 Å². The maximum atomic E-state index is 12.5. The van der Waals surface area contributed by atoms with Gasteiger partial charge < -0.3 is 19.7 Å². The largest absolute Gasteiger partial charge is 0.463 e. The maximum absolute atomic E-state index is 12.5. The van der Waals surface area contributed by atoms with Crippen molar-refractivity contribution < 1.29 is 42.3 Å². The highest BCUT2D eigenvalue weighted by Gasteiger charge is 2.50. The van der Waals surface area contributed by atoms with Crippen LogP contribution in [0.15, 0.2) is 0 Å². The van der Waals surface area contributed by atoms with E-state index in [-0.39, 0.29) is 25.7 Å². The first-order chi connectivity index (χ1) is 13.2. The van der Waals surface area contributed by atoms with Gasteiger partial charge in [-0.15, -0.1) is 0 Å². The molecule has 0 aromatic carbocycles. The lowest BCUT2D eigenvalue weighted by atomic mass is 9.87. The van der Waals surface area contributed by atoms with E-state index in [1.54, 1.807) is 48.5 Å². The van der Waals surface area contributed by atoms with Crippen LogP contribution in [0.4, 0.5) is 0 Å². The number of esters is 2. The first kappa shape index (κ1) is 25.7. The summed E-state index contributed by atoms with van der Waals surface area (Å²) in [6, 6.07) is 0. The summed E-state index contributed by atoms with van der Waals surface area (Å²) in [5.74, 6) is -1.48. The Bertz CT molecular complexity index is 603. The van der Waals surface area contributed by atoms with Gasteiger partial charge in [-0.2, -0.15) is 0 Å². The normalized spacial score (nSPS) is 24.1. The van der Waals surface area contributed by atoms with Gasteiger partial charge in [-0.3, -0.25) is 28.0 Å². The molecule has 1 heterocycles. The molecule has 0 aromatic heterocycles. The van der Waals surface area contributed by atoms with Crippen molar-refractivity contribution in [3.8, 4) is 0 Å². The molecule has 0 aliphatic carbocycles. The van der Waals surface area contributed by atoms with Gasteiger partial charge in [0.1, 0.15) is 0 Å². The van der Waals surface area contributed by atoms with Crippen molar-refractivity contribution in [3.63, 3.8) is 0 Å². The molecule has 0 aromatic rings. The van der Waals surface area contributed by atoms with Crippen LogP contribution in [0, 0.1) is 10.8 Å². The fraction of sp³-hybridized carbons (Fsp3) is 0.833. The summed E-state index contributed by atoms with van der Waals surface area (Å²) in [5, 5.41) is 2.59. The van der Waals surface area contributed by atoms with E-state index in [0.29, 0.717) is 0 Å². The highest BCUT2D eigenvalue weighted by Crippen LogP contribution is 2.63. The van der Waals surface area contributed by atoms with Gasteiger partial charge in [0.05, 0.1) is 24.5 Å². The van der Waals surface area contributed by atoms with E-state index in [9.17, 15) is 19.3 Å². The summed E-state index contributed by atoms with van der Waals surface area (Å²) in [6.45, 7) is 11.4. The molecule has 1 rings (SSSR count). The van der Waals surface area contributed by atoms with E-state index in [2.05, 4.69) is 5.32 Å². The number of nitrogens with one attached hydrogen (secondary N) is 1. The Morgan fingerprint density at radius 3 is 2.45 bits per heavy atom. The SMILES string of the molecule is CC(C)OC(=O)CCNC(=O)[C@@H]1O[P@@](O)(OCOC(=O)C(C)(C)C)OCC1(C)C. The highest BCUT2D eigenvalue weighted by molar-refractivity contribution is 7.55. The van der Waals surface area contributed by atoms with Crippen LogP contribution in [0.3, 0.4) is 0 Å². The molecule has 169 valence electrons. The molecule has 0 unspecified atom stereocenters. The molecule has 1 aliphatic heterocycles. The smallest absolute Gasteiger partial charge is 0.381 e. The molecular formula is C18H33NO9P. The third kappa shape index (κ3) is 8.52. The molecule has 1 aliphatic rings. The summed E-state index contributed by atoms with van der Waals surface area (Å²) in [6.07, 6.45) is -1.32. The van der Waals surface area contributed by atoms with Crippen LogP contribution in [-0.2, 0) is 37.4 Å². The van der Waals surface area contributed by atoms with Crippen molar-refractivity contribution in [2.75, 3.05) is 19.9 Å². The zero-order valence-corrected chi connectivity index (χ0v) is 19.0. The molecule has 1 saturated heterocycles. The Morgan fingerprint density at radius 2 is 1.90 bits per heavy atom. The van der Waals surface area contributed by atoms with E-state index in [1.807, 2.05) is 0 Å². The standard InChI is InChI=1S/C18H33NO9P/c1-12(2)27-13(20)8-9-19-15(21)14-18(6,7)10-25-29(23,28-14)26-11-24-16(22)17(3,4)5/h12,14,23H,8-11H2,1-7H3,(H,19,21)/t14-/m0/s1. The number of ether oxygens (including phenoxy) is 2. The minimum absolute atomic E-state index is 0.00618. The van der Waals surface area contributed by atoms with Crippen LogP contribution < -0.4 is 5.32 Å². The molecule has 11 heteroatoms. The second-order valence-corrected chi connectivity index (χ2v) is 10.4. The molecule has 10 nitrogen and oxygen atoms in total. The molecule has 29 heavy (non-hydrogen) atoms. The molecule has 0 spiro atoms. The molecule has 0 bridgehead atoms. The van der Waals surface area contributed by atoms with Gasteiger partial charge >= 0.3 is 20.1 Å². The van der Waals surface area contributed by atoms with Gasteiger partial charge in [0.15, 0.2) is 6.10 Å². The van der Waals surface area contributed by atoms with Crippen molar-refractivity contribution in [1.82, 2.24) is 5.32 Å². The van der Waals surface area contributed by atoms with Crippen LogP contribution in [0.5, 0.6) is 0 Å². The van der Waals surface area contributed by atoms with Crippen LogP contribution in [-0.4, -0.2) is 54.9 Å². The molecule has 1 fully saturated rings. The molecular weight excluding hydrogens is 405 g/mol. The van der Waals surface area contributed by atoms with Gasteiger partial charge in [0.2, 0.25) is 12.7 Å². The van der Waals surface area contributed by atoms with Crippen LogP contribution >= 0.6 is 8.17 Å². The average molecular weight is 438 g/mol. The van der Waals surface area contributed by atoms with E-state index in [0.717, 1.165) is 0 Å². The van der Waals surface area contributed by atoms with Crippen molar-refractivity contribution in [2.45, 2.75) is 67.1 Å².